The number of halogens is 3. The van der Waals surface area contributed by atoms with Crippen molar-refractivity contribution >= 4 is 58.5 Å². The SMILES string of the molecule is O=C(O)CCN1C(=O)C2CC=C3C(CC4(Cl)C(=O)N(c5ccc(F)cc5)C(=O)C4(Cl)C3c3ccc(OCCO)cc3)C2C1=O. The van der Waals surface area contributed by atoms with Crippen molar-refractivity contribution in [3.8, 4) is 5.75 Å². The van der Waals surface area contributed by atoms with Crippen LogP contribution in [-0.4, -0.2) is 74.2 Å². The summed E-state index contributed by atoms with van der Waals surface area (Å²) in [4.78, 5) is 64.4. The van der Waals surface area contributed by atoms with Gasteiger partial charge in [-0.1, -0.05) is 23.8 Å². The van der Waals surface area contributed by atoms with Crippen molar-refractivity contribution in [1.82, 2.24) is 4.90 Å². The number of rotatable bonds is 8. The highest BCUT2D eigenvalue weighted by Gasteiger charge is 2.76. The number of aliphatic hydroxyl groups is 1. The lowest BCUT2D eigenvalue weighted by atomic mass is 9.56. The summed E-state index contributed by atoms with van der Waals surface area (Å²) >= 11 is 14.6. The van der Waals surface area contributed by atoms with Crippen molar-refractivity contribution in [3.05, 3.63) is 71.6 Å². The predicted octanol–water partition coefficient (Wildman–Crippen LogP) is 3.23. The van der Waals surface area contributed by atoms with Crippen molar-refractivity contribution in [2.45, 2.75) is 34.9 Å². The molecule has 230 valence electrons. The molecule has 4 amide bonds. The van der Waals surface area contributed by atoms with Gasteiger partial charge in [-0.2, -0.15) is 0 Å². The molecule has 2 aliphatic heterocycles. The van der Waals surface area contributed by atoms with Crippen molar-refractivity contribution in [3.63, 3.8) is 0 Å². The van der Waals surface area contributed by atoms with Crippen LogP contribution in [0.25, 0.3) is 0 Å². The van der Waals surface area contributed by atoms with Crippen LogP contribution < -0.4 is 9.64 Å². The van der Waals surface area contributed by atoms with Gasteiger partial charge in [-0.05, 0) is 60.7 Å². The summed E-state index contributed by atoms with van der Waals surface area (Å²) in [6.07, 6.45) is 1.26. The van der Waals surface area contributed by atoms with Crippen molar-refractivity contribution in [2.24, 2.45) is 17.8 Å². The topological polar surface area (TPSA) is 142 Å². The first-order valence-corrected chi connectivity index (χ1v) is 14.8. The van der Waals surface area contributed by atoms with Crippen LogP contribution >= 0.6 is 23.2 Å². The number of carbonyl (C=O) groups is 5. The number of alkyl halides is 2. The third kappa shape index (κ3) is 4.35. The van der Waals surface area contributed by atoms with Gasteiger partial charge < -0.3 is 14.9 Å². The summed E-state index contributed by atoms with van der Waals surface area (Å²) in [5, 5.41) is 18.3. The molecule has 44 heavy (non-hydrogen) atoms. The highest BCUT2D eigenvalue weighted by molar-refractivity contribution is 6.58. The Balaban J connectivity index is 1.48. The molecule has 2 aliphatic carbocycles. The van der Waals surface area contributed by atoms with Crippen LogP contribution in [0.2, 0.25) is 0 Å². The molecule has 1 saturated carbocycles. The van der Waals surface area contributed by atoms with E-state index in [1.165, 1.54) is 12.1 Å². The minimum absolute atomic E-state index is 0.0530. The van der Waals surface area contributed by atoms with Gasteiger partial charge in [-0.25, -0.2) is 9.29 Å². The lowest BCUT2D eigenvalue weighted by Gasteiger charge is -2.50. The van der Waals surface area contributed by atoms with Crippen LogP contribution in [0.15, 0.2) is 60.2 Å². The molecule has 6 rings (SSSR count). The molecule has 0 radical (unpaired) electrons. The largest absolute Gasteiger partial charge is 0.491 e. The zero-order valence-corrected chi connectivity index (χ0v) is 24.6. The standard InChI is InChI=1S/C31H27Cl2FN2O8/c32-30-15-22-20(9-10-21-24(22)27(41)35(26(21)40)12-11-23(38)39)25(16-1-7-19(8-2-16)44-14-13-37)31(30,33)29(43)36(28(30)42)18-5-3-17(34)4-6-18/h1-9,21-22,24-25,37H,10-15H2,(H,38,39). The van der Waals surface area contributed by atoms with Crippen molar-refractivity contribution in [2.75, 3.05) is 24.7 Å². The van der Waals surface area contributed by atoms with Gasteiger partial charge in [0.15, 0.2) is 9.75 Å². The van der Waals surface area contributed by atoms with E-state index in [9.17, 15) is 28.4 Å². The Hall–Kier alpha value is -3.80. The number of anilines is 1. The van der Waals surface area contributed by atoms with Crippen LogP contribution in [0.3, 0.4) is 0 Å². The number of hydrogen-bond acceptors (Lipinski definition) is 7. The first-order valence-electron chi connectivity index (χ1n) is 14.1. The lowest BCUT2D eigenvalue weighted by molar-refractivity contribution is -0.142. The second kappa shape index (κ2) is 11.0. The molecular formula is C31H27Cl2FN2O8. The molecule has 2 heterocycles. The van der Waals surface area contributed by atoms with Crippen LogP contribution in [0.4, 0.5) is 10.1 Å². The molecule has 4 aliphatic rings. The molecular weight excluding hydrogens is 618 g/mol. The van der Waals surface area contributed by atoms with Crippen molar-refractivity contribution in [1.29, 1.82) is 0 Å². The molecule has 2 N–H and O–H groups in total. The Morgan fingerprint density at radius 1 is 0.977 bits per heavy atom. The number of ether oxygens (including phenoxy) is 1. The molecule has 0 bridgehead atoms. The quantitative estimate of drug-likeness (QED) is 0.253. The second-order valence-electron chi connectivity index (χ2n) is 11.4. The average Bonchev–Trinajstić information content (AvgIpc) is 3.33. The van der Waals surface area contributed by atoms with Gasteiger partial charge in [0.1, 0.15) is 18.2 Å². The van der Waals surface area contributed by atoms with E-state index in [4.69, 9.17) is 38.2 Å². The first kappa shape index (κ1) is 30.2. The maximum absolute atomic E-state index is 14.3. The number of carboxylic acid groups (broad SMARTS) is 1. The van der Waals surface area contributed by atoms with E-state index in [2.05, 4.69) is 0 Å². The van der Waals surface area contributed by atoms with Gasteiger partial charge in [0.2, 0.25) is 11.8 Å². The van der Waals surface area contributed by atoms with E-state index in [1.807, 2.05) is 0 Å². The van der Waals surface area contributed by atoms with E-state index >= 15 is 0 Å². The van der Waals surface area contributed by atoms with Gasteiger partial charge in [0.25, 0.3) is 11.8 Å². The third-order valence-electron chi connectivity index (χ3n) is 9.11. The number of likely N-dealkylation sites (tertiary alicyclic amines) is 1. The van der Waals surface area contributed by atoms with Crippen molar-refractivity contribution < 1.29 is 43.3 Å². The maximum atomic E-state index is 14.3. The van der Waals surface area contributed by atoms with Crippen LogP contribution in [0, 0.1) is 23.6 Å². The smallest absolute Gasteiger partial charge is 0.305 e. The summed E-state index contributed by atoms with van der Waals surface area (Å²) in [5.74, 6) is -7.53. The van der Waals surface area contributed by atoms with Crippen LogP contribution in [0.1, 0.15) is 30.7 Å². The maximum Gasteiger partial charge on any atom is 0.305 e. The third-order valence-corrected chi connectivity index (χ3v) is 10.5. The van der Waals surface area contributed by atoms with E-state index in [-0.39, 0.29) is 38.3 Å². The predicted molar refractivity (Wildman–Crippen MR) is 155 cm³/mol. The molecule has 2 aromatic carbocycles. The number of aliphatic hydroxyl groups excluding tert-OH is 1. The number of imide groups is 2. The summed E-state index contributed by atoms with van der Waals surface area (Å²) in [6.45, 7) is -0.438. The molecule has 10 nitrogen and oxygen atoms in total. The first-order chi connectivity index (χ1) is 20.9. The van der Waals surface area contributed by atoms with Gasteiger partial charge >= 0.3 is 5.97 Å². The van der Waals surface area contributed by atoms with E-state index in [1.54, 1.807) is 30.3 Å². The molecule has 2 saturated heterocycles. The number of aliphatic carboxylic acids is 1. The van der Waals surface area contributed by atoms with Crippen LogP contribution in [-0.2, 0) is 24.0 Å². The van der Waals surface area contributed by atoms with Gasteiger partial charge in [-0.15, -0.1) is 23.2 Å². The zero-order valence-electron chi connectivity index (χ0n) is 23.1. The number of carbonyl (C=O) groups excluding carboxylic acids is 4. The molecule has 0 aromatic heterocycles. The monoisotopic (exact) mass is 644 g/mol. The minimum Gasteiger partial charge on any atom is -0.491 e. The highest BCUT2D eigenvalue weighted by atomic mass is 35.5. The number of fused-ring (bicyclic) bond motifs is 4. The number of allylic oxidation sites excluding steroid dienone is 2. The number of hydrogen-bond donors (Lipinski definition) is 2. The Bertz CT molecular complexity index is 1600. The van der Waals surface area contributed by atoms with Gasteiger partial charge in [0.05, 0.1) is 30.6 Å². The number of amides is 4. The van der Waals surface area contributed by atoms with Crippen LogP contribution in [0.5, 0.6) is 5.75 Å². The highest BCUT2D eigenvalue weighted by Crippen LogP contribution is 2.65. The number of nitrogens with zero attached hydrogens (tertiary/aromatic N) is 2. The molecule has 6 atom stereocenters. The normalized spacial score (nSPS) is 31.0. The summed E-state index contributed by atoms with van der Waals surface area (Å²) in [7, 11) is 0. The Kier molecular flexibility index (Phi) is 7.54. The average molecular weight is 645 g/mol. The minimum atomic E-state index is -2.07. The number of carboxylic acids is 1. The Morgan fingerprint density at radius 3 is 2.30 bits per heavy atom. The molecule has 0 spiro atoms. The fraction of sp³-hybridized carbons (Fsp3) is 0.387. The van der Waals surface area contributed by atoms with E-state index in [0.29, 0.717) is 16.9 Å². The summed E-state index contributed by atoms with van der Waals surface area (Å²) in [6, 6.07) is 11.3. The van der Waals surface area contributed by atoms with E-state index in [0.717, 1.165) is 21.9 Å². The molecule has 13 heteroatoms. The zero-order chi connectivity index (χ0) is 31.6. The molecule has 6 unspecified atom stereocenters. The fourth-order valence-electron chi connectivity index (χ4n) is 7.19. The van der Waals surface area contributed by atoms with Gasteiger partial charge in [0, 0.05) is 12.5 Å². The van der Waals surface area contributed by atoms with E-state index < -0.39 is 75.3 Å². The Morgan fingerprint density at radius 2 is 1.66 bits per heavy atom. The second-order valence-corrected chi connectivity index (χ2v) is 12.6. The summed E-state index contributed by atoms with van der Waals surface area (Å²) < 4.78 is 19.2. The molecule has 3 fully saturated rings. The lowest BCUT2D eigenvalue weighted by Crippen LogP contribution is -2.60. The molecule has 2 aromatic rings. The summed E-state index contributed by atoms with van der Waals surface area (Å²) in [5.41, 5.74) is 1.14. The number of benzene rings is 2. The Labute approximate surface area is 261 Å². The van der Waals surface area contributed by atoms with Gasteiger partial charge in [-0.3, -0.25) is 28.9 Å². The fourth-order valence-corrected chi connectivity index (χ4v) is 8.12.